The Morgan fingerprint density at radius 1 is 0.941 bits per heavy atom. The first-order chi connectivity index (χ1) is 7.99. The van der Waals surface area contributed by atoms with Gasteiger partial charge in [-0.15, -0.1) is 0 Å². The fourth-order valence-corrected chi connectivity index (χ4v) is 2.31. The topological polar surface area (TPSA) is 15.7 Å². The first-order valence-corrected chi connectivity index (χ1v) is 7.07. The highest BCUT2D eigenvalue weighted by atomic mass is 16.5. The second-order valence-electron chi connectivity index (χ2n) is 5.92. The lowest BCUT2D eigenvalue weighted by atomic mass is 10.1. The molecule has 1 aliphatic rings. The van der Waals surface area contributed by atoms with Gasteiger partial charge in [0.2, 0.25) is 0 Å². The fourth-order valence-electron chi connectivity index (χ4n) is 2.31. The van der Waals surface area contributed by atoms with E-state index in [4.69, 9.17) is 4.74 Å². The molecule has 1 atom stereocenters. The van der Waals surface area contributed by atoms with Gasteiger partial charge in [-0.1, -0.05) is 6.92 Å². The molecule has 0 aromatic carbocycles. The van der Waals surface area contributed by atoms with Crippen LogP contribution < -0.4 is 0 Å². The van der Waals surface area contributed by atoms with E-state index in [9.17, 15) is 0 Å². The molecule has 1 aliphatic heterocycles. The van der Waals surface area contributed by atoms with Gasteiger partial charge in [0.1, 0.15) is 0 Å². The SMILES string of the molecule is CC(C)OC[C@H](C)CN1CCN(C(C)C)CC1. The molecule has 0 bridgehead atoms. The lowest BCUT2D eigenvalue weighted by molar-refractivity contribution is 0.0347. The maximum Gasteiger partial charge on any atom is 0.0519 e. The highest BCUT2D eigenvalue weighted by Gasteiger charge is 2.19. The number of rotatable bonds is 6. The van der Waals surface area contributed by atoms with Crippen LogP contribution in [-0.4, -0.2) is 61.3 Å². The summed E-state index contributed by atoms with van der Waals surface area (Å²) in [5, 5.41) is 0. The maximum atomic E-state index is 5.67. The van der Waals surface area contributed by atoms with Crippen LogP contribution in [0.2, 0.25) is 0 Å². The lowest BCUT2D eigenvalue weighted by Crippen LogP contribution is -2.50. The van der Waals surface area contributed by atoms with Crippen molar-refractivity contribution in [2.24, 2.45) is 5.92 Å². The molecule has 0 amide bonds. The van der Waals surface area contributed by atoms with Gasteiger partial charge in [0.05, 0.1) is 12.7 Å². The molecular formula is C14H30N2O. The van der Waals surface area contributed by atoms with E-state index in [1.54, 1.807) is 0 Å². The van der Waals surface area contributed by atoms with Crippen molar-refractivity contribution in [2.75, 3.05) is 39.3 Å². The van der Waals surface area contributed by atoms with E-state index in [0.717, 1.165) is 6.61 Å². The molecular weight excluding hydrogens is 212 g/mol. The average molecular weight is 242 g/mol. The van der Waals surface area contributed by atoms with E-state index < -0.39 is 0 Å². The monoisotopic (exact) mass is 242 g/mol. The van der Waals surface area contributed by atoms with E-state index in [1.165, 1.54) is 32.7 Å². The van der Waals surface area contributed by atoms with Gasteiger partial charge in [-0.2, -0.15) is 0 Å². The molecule has 1 saturated heterocycles. The van der Waals surface area contributed by atoms with Crippen molar-refractivity contribution in [3.63, 3.8) is 0 Å². The Kier molecular flexibility index (Phi) is 6.45. The van der Waals surface area contributed by atoms with E-state index >= 15 is 0 Å². The first-order valence-electron chi connectivity index (χ1n) is 7.07. The van der Waals surface area contributed by atoms with Crippen LogP contribution in [0, 0.1) is 5.92 Å². The van der Waals surface area contributed by atoms with Crippen LogP contribution in [0.25, 0.3) is 0 Å². The second-order valence-corrected chi connectivity index (χ2v) is 5.92. The zero-order valence-corrected chi connectivity index (χ0v) is 12.3. The van der Waals surface area contributed by atoms with Gasteiger partial charge >= 0.3 is 0 Å². The van der Waals surface area contributed by atoms with Gasteiger partial charge in [0.25, 0.3) is 0 Å². The molecule has 3 heteroatoms. The van der Waals surface area contributed by atoms with Crippen LogP contribution in [0.4, 0.5) is 0 Å². The zero-order valence-electron chi connectivity index (χ0n) is 12.3. The third-order valence-corrected chi connectivity index (χ3v) is 3.42. The van der Waals surface area contributed by atoms with Gasteiger partial charge in [0.15, 0.2) is 0 Å². The minimum absolute atomic E-state index is 0.357. The molecule has 0 aromatic rings. The minimum Gasteiger partial charge on any atom is -0.378 e. The van der Waals surface area contributed by atoms with Crippen LogP contribution >= 0.6 is 0 Å². The van der Waals surface area contributed by atoms with Crippen molar-refractivity contribution in [2.45, 2.75) is 46.8 Å². The molecule has 0 aromatic heterocycles. The first kappa shape index (κ1) is 14.9. The lowest BCUT2D eigenvalue weighted by Gasteiger charge is -2.37. The van der Waals surface area contributed by atoms with E-state index in [0.29, 0.717) is 18.1 Å². The summed E-state index contributed by atoms with van der Waals surface area (Å²) in [4.78, 5) is 5.14. The van der Waals surface area contributed by atoms with Gasteiger partial charge < -0.3 is 9.64 Å². The van der Waals surface area contributed by atoms with Crippen LogP contribution in [0.5, 0.6) is 0 Å². The molecule has 1 rings (SSSR count). The van der Waals surface area contributed by atoms with Crippen molar-refractivity contribution in [1.29, 1.82) is 0 Å². The highest BCUT2D eigenvalue weighted by molar-refractivity contribution is 4.75. The standard InChI is InChI=1S/C14H30N2O/c1-12(2)16-8-6-15(7-9-16)10-14(5)11-17-13(3)4/h12-14H,6-11H2,1-5H3/t14-/m1/s1. The summed E-state index contributed by atoms with van der Waals surface area (Å²) in [7, 11) is 0. The average Bonchev–Trinajstić information content (AvgIpc) is 2.27. The number of piperazine rings is 1. The minimum atomic E-state index is 0.357. The Morgan fingerprint density at radius 3 is 2.00 bits per heavy atom. The van der Waals surface area contributed by atoms with Crippen LogP contribution in [0.3, 0.4) is 0 Å². The fraction of sp³-hybridized carbons (Fsp3) is 1.00. The van der Waals surface area contributed by atoms with Crippen molar-refractivity contribution < 1.29 is 4.74 Å². The molecule has 0 aliphatic carbocycles. The highest BCUT2D eigenvalue weighted by Crippen LogP contribution is 2.09. The molecule has 17 heavy (non-hydrogen) atoms. The predicted molar refractivity (Wildman–Crippen MR) is 73.4 cm³/mol. The van der Waals surface area contributed by atoms with Crippen molar-refractivity contribution in [3.05, 3.63) is 0 Å². The number of hydrogen-bond acceptors (Lipinski definition) is 3. The van der Waals surface area contributed by atoms with E-state index in [2.05, 4.69) is 44.4 Å². The Labute approximate surface area is 107 Å². The Balaban J connectivity index is 2.17. The second kappa shape index (κ2) is 7.34. The van der Waals surface area contributed by atoms with Crippen molar-refractivity contribution in [3.8, 4) is 0 Å². The van der Waals surface area contributed by atoms with E-state index in [-0.39, 0.29) is 0 Å². The molecule has 0 radical (unpaired) electrons. The summed E-state index contributed by atoms with van der Waals surface area (Å²) < 4.78 is 5.67. The van der Waals surface area contributed by atoms with Crippen molar-refractivity contribution >= 4 is 0 Å². The molecule has 0 unspecified atom stereocenters. The molecule has 1 heterocycles. The normalized spacial score (nSPS) is 21.4. The van der Waals surface area contributed by atoms with Crippen LogP contribution in [0.1, 0.15) is 34.6 Å². The Hall–Kier alpha value is -0.120. The van der Waals surface area contributed by atoms with Gasteiger partial charge in [-0.3, -0.25) is 4.90 Å². The number of hydrogen-bond donors (Lipinski definition) is 0. The number of ether oxygens (including phenoxy) is 1. The summed E-state index contributed by atoms with van der Waals surface area (Å²) in [6.07, 6.45) is 0.357. The van der Waals surface area contributed by atoms with Gasteiger partial charge in [-0.05, 0) is 33.6 Å². The molecule has 1 fully saturated rings. The third-order valence-electron chi connectivity index (χ3n) is 3.42. The van der Waals surface area contributed by atoms with Crippen LogP contribution in [-0.2, 0) is 4.74 Å². The molecule has 0 N–H and O–H groups in total. The van der Waals surface area contributed by atoms with Gasteiger partial charge in [-0.25, -0.2) is 0 Å². The molecule has 0 spiro atoms. The molecule has 0 saturated carbocycles. The smallest absolute Gasteiger partial charge is 0.0519 e. The molecule has 102 valence electrons. The number of nitrogens with zero attached hydrogens (tertiary/aromatic N) is 2. The quantitative estimate of drug-likeness (QED) is 0.709. The Bertz CT molecular complexity index is 198. The Morgan fingerprint density at radius 2 is 1.53 bits per heavy atom. The summed E-state index contributed by atoms with van der Waals surface area (Å²) >= 11 is 0. The van der Waals surface area contributed by atoms with Crippen molar-refractivity contribution in [1.82, 2.24) is 9.80 Å². The van der Waals surface area contributed by atoms with E-state index in [1.807, 2.05) is 0 Å². The maximum absolute atomic E-state index is 5.67. The summed E-state index contributed by atoms with van der Waals surface area (Å²) in [5.41, 5.74) is 0. The third kappa shape index (κ3) is 5.84. The predicted octanol–water partition coefficient (Wildman–Crippen LogP) is 2.07. The zero-order chi connectivity index (χ0) is 12.8. The largest absolute Gasteiger partial charge is 0.378 e. The summed E-state index contributed by atoms with van der Waals surface area (Å²) in [6.45, 7) is 18.0. The van der Waals surface area contributed by atoms with Crippen LogP contribution in [0.15, 0.2) is 0 Å². The van der Waals surface area contributed by atoms with Gasteiger partial charge in [0, 0.05) is 38.8 Å². The summed E-state index contributed by atoms with van der Waals surface area (Å²) in [5.74, 6) is 0.642. The summed E-state index contributed by atoms with van der Waals surface area (Å²) in [6, 6.07) is 0.693. The molecule has 3 nitrogen and oxygen atoms in total.